The topological polar surface area (TPSA) is 55.4 Å². The van der Waals surface area contributed by atoms with Gasteiger partial charge in [0.2, 0.25) is 5.95 Å². The maximum atomic E-state index is 5.19. The van der Waals surface area contributed by atoms with Crippen LogP contribution in [-0.2, 0) is 0 Å². The van der Waals surface area contributed by atoms with Crippen LogP contribution in [0.5, 0.6) is 0 Å². The van der Waals surface area contributed by atoms with Gasteiger partial charge in [-0.3, -0.25) is 4.57 Å². The summed E-state index contributed by atoms with van der Waals surface area (Å²) in [5, 5.41) is 20.4. The van der Waals surface area contributed by atoms with Gasteiger partial charge in [-0.05, 0) is 210 Å². The van der Waals surface area contributed by atoms with Gasteiger partial charge in [0, 0.05) is 145 Å². The van der Waals surface area contributed by atoms with Gasteiger partial charge >= 0.3 is 0 Å². The third-order valence-corrected chi connectivity index (χ3v) is 29.4. The standard InChI is InChI=1S/C46H30N4.C42H26N2S.C36H22N2S/c1-4-14-31(15-5-1)40-30-41(32-16-6-2-7-17-32)48-46(47-40)50-43-23-13-11-21-37(43)39-29-34(25-27-45(39)50)33-24-26-44-38(28-33)36-20-10-12-22-42(36)49(44)35-18-8-3-9-19-35;1-3-11-29(12-4-1)43-37-17-9-7-15-31(37)33-23-27(19-21-38(33)43)28-20-22-39-34(24-28)35-25-36-32-16-8-10-18-41(32)45-42(36)26-40(35)44(39)30-13-5-2-6-14-30;1-2-10-23(11-3-1)37-33-19-18-24(38-31-15-7-4-12-25(31)26-13-5-8-16-32(26)38)20-28(33)29-21-30-27-14-6-9-17-35(27)39-36(30)22-34(29)37/h1-30H;1-26H;1-22H. The van der Waals surface area contributed by atoms with Crippen molar-refractivity contribution in [3.63, 3.8) is 0 Å². The second-order valence-corrected chi connectivity index (χ2v) is 36.8. The van der Waals surface area contributed by atoms with Crippen molar-refractivity contribution in [2.24, 2.45) is 0 Å². The minimum absolute atomic E-state index is 0.652. The summed E-state index contributed by atoms with van der Waals surface area (Å²) < 4.78 is 19.5. The van der Waals surface area contributed by atoms with Crippen LogP contribution in [0.2, 0.25) is 0 Å². The number of hydrogen-bond donors (Lipinski definition) is 0. The lowest BCUT2D eigenvalue weighted by Crippen LogP contribution is -2.03. The Kier molecular flexibility index (Phi) is 17.9. The molecule has 0 fully saturated rings. The molecule has 0 aliphatic rings. The van der Waals surface area contributed by atoms with E-state index in [4.69, 9.17) is 9.97 Å². The summed E-state index contributed by atoms with van der Waals surface area (Å²) in [4.78, 5) is 10.4. The highest BCUT2D eigenvalue weighted by Crippen LogP contribution is 2.48. The van der Waals surface area contributed by atoms with E-state index in [0.29, 0.717) is 5.95 Å². The van der Waals surface area contributed by atoms with Gasteiger partial charge in [-0.25, -0.2) is 9.97 Å². The summed E-state index contributed by atoms with van der Waals surface area (Å²) in [6.07, 6.45) is 0. The van der Waals surface area contributed by atoms with E-state index in [1.54, 1.807) is 0 Å². The number of hydrogen-bond acceptors (Lipinski definition) is 4. The largest absolute Gasteiger partial charge is 0.309 e. The summed E-state index contributed by atoms with van der Waals surface area (Å²) in [7, 11) is 0. The number of rotatable bonds is 10. The van der Waals surface area contributed by atoms with Crippen molar-refractivity contribution in [2.45, 2.75) is 0 Å². The first-order valence-electron chi connectivity index (χ1n) is 45.6. The summed E-state index contributed by atoms with van der Waals surface area (Å²) in [5.74, 6) is 0.652. The smallest absolute Gasteiger partial charge is 0.235 e. The molecular weight excluding hydrogens is 1670 g/mol. The minimum Gasteiger partial charge on any atom is -0.309 e. The monoisotopic (exact) mass is 1740 g/mol. The van der Waals surface area contributed by atoms with E-state index in [-0.39, 0.29) is 0 Å². The predicted octanol–water partition coefficient (Wildman–Crippen LogP) is 33.8. The second-order valence-electron chi connectivity index (χ2n) is 34.7. The molecule has 0 saturated carbocycles. The Morgan fingerprint density at radius 1 is 0.134 bits per heavy atom. The second kappa shape index (κ2) is 31.3. The lowest BCUT2D eigenvalue weighted by molar-refractivity contribution is 0.995. The van der Waals surface area contributed by atoms with Crippen molar-refractivity contribution in [1.29, 1.82) is 0 Å². The first-order chi connectivity index (χ1) is 66.5. The molecular formula is C124H78N8S2. The molecule has 29 aromatic rings. The molecule has 9 heterocycles. The van der Waals surface area contributed by atoms with E-state index < -0.39 is 0 Å². The van der Waals surface area contributed by atoms with Crippen molar-refractivity contribution in [1.82, 2.24) is 37.4 Å². The van der Waals surface area contributed by atoms with E-state index >= 15 is 0 Å². The zero-order valence-electron chi connectivity index (χ0n) is 72.4. The van der Waals surface area contributed by atoms with Crippen LogP contribution in [0.15, 0.2) is 473 Å². The van der Waals surface area contributed by atoms with Gasteiger partial charge < -0.3 is 22.8 Å². The van der Waals surface area contributed by atoms with Gasteiger partial charge in [0.1, 0.15) is 0 Å². The van der Waals surface area contributed by atoms with Crippen molar-refractivity contribution in [2.75, 3.05) is 0 Å². The number of nitrogens with zero attached hydrogens (tertiary/aromatic N) is 8. The van der Waals surface area contributed by atoms with Crippen LogP contribution in [0.3, 0.4) is 0 Å². The molecule has 0 aliphatic heterocycles. The van der Waals surface area contributed by atoms with Crippen molar-refractivity contribution >= 4 is 194 Å². The molecule has 0 atom stereocenters. The molecule has 0 radical (unpaired) electrons. The highest BCUT2D eigenvalue weighted by Gasteiger charge is 2.25. The maximum absolute atomic E-state index is 5.19. The zero-order valence-corrected chi connectivity index (χ0v) is 74.1. The fourth-order valence-electron chi connectivity index (χ4n) is 21.1. The zero-order chi connectivity index (χ0) is 88.0. The van der Waals surface area contributed by atoms with E-state index in [2.05, 4.69) is 488 Å². The minimum atomic E-state index is 0.652. The summed E-state index contributed by atoms with van der Waals surface area (Å²) in [6, 6.07) is 171. The third-order valence-electron chi connectivity index (χ3n) is 27.1. The Labute approximate surface area is 777 Å². The van der Waals surface area contributed by atoms with Gasteiger partial charge in [-0.15, -0.1) is 22.7 Å². The number of benzene rings is 20. The van der Waals surface area contributed by atoms with E-state index in [1.165, 1.54) is 205 Å². The van der Waals surface area contributed by atoms with Gasteiger partial charge in [0.05, 0.1) is 77.6 Å². The summed E-state index contributed by atoms with van der Waals surface area (Å²) in [5.41, 5.74) is 29.0. The molecule has 9 aromatic heterocycles. The van der Waals surface area contributed by atoms with Gasteiger partial charge in [-0.1, -0.05) is 285 Å². The fraction of sp³-hybridized carbons (Fsp3) is 0. The van der Waals surface area contributed by atoms with E-state index in [9.17, 15) is 0 Å². The Bertz CT molecular complexity index is 9650. The highest BCUT2D eigenvalue weighted by atomic mass is 32.1. The molecule has 0 amide bonds. The van der Waals surface area contributed by atoms with Crippen molar-refractivity contribution in [3.8, 4) is 79.2 Å². The van der Waals surface area contributed by atoms with Crippen molar-refractivity contribution < 1.29 is 0 Å². The summed E-state index contributed by atoms with van der Waals surface area (Å²) >= 11 is 3.75. The summed E-state index contributed by atoms with van der Waals surface area (Å²) in [6.45, 7) is 0. The SMILES string of the molecule is c1ccc(-c2cc(-c3ccccc3)nc(-n3c4ccccc4c4cc(-c5ccc6c(c5)c5ccccc5n6-c5ccccc5)ccc43)n2)cc1.c1ccc(-n2c3ccc(-n4c5ccccc5c5ccccc54)cc3c3cc4c(cc32)sc2ccccc24)cc1.c1ccc(-n2c3ccccc3c3cc(-c4ccc5c(c4)c4cc6c(cc4n5-c4ccccc4)sc4ccccc46)ccc32)cc1. The molecule has 8 nitrogen and oxygen atoms in total. The average molecular weight is 1740 g/mol. The van der Waals surface area contributed by atoms with E-state index in [1.807, 2.05) is 34.8 Å². The molecule has 0 saturated heterocycles. The van der Waals surface area contributed by atoms with Crippen LogP contribution >= 0.6 is 22.7 Å². The highest BCUT2D eigenvalue weighted by molar-refractivity contribution is 7.26. The third kappa shape index (κ3) is 12.5. The molecule has 0 bridgehead atoms. The van der Waals surface area contributed by atoms with Gasteiger partial charge in [-0.2, -0.15) is 0 Å². The van der Waals surface area contributed by atoms with Crippen LogP contribution < -0.4 is 0 Å². The molecule has 0 spiro atoms. The number of aromatic nitrogens is 8. The average Bonchev–Trinajstić information content (AvgIpc) is 1.39. The van der Waals surface area contributed by atoms with Crippen LogP contribution in [0.1, 0.15) is 0 Å². The molecule has 0 aliphatic carbocycles. The normalized spacial score (nSPS) is 11.9. The van der Waals surface area contributed by atoms with Crippen LogP contribution in [0.4, 0.5) is 0 Å². The van der Waals surface area contributed by atoms with Crippen LogP contribution in [0, 0.1) is 0 Å². The van der Waals surface area contributed by atoms with E-state index in [0.717, 1.165) is 39.2 Å². The molecule has 0 unspecified atom stereocenters. The molecule has 626 valence electrons. The maximum Gasteiger partial charge on any atom is 0.235 e. The fourth-order valence-corrected chi connectivity index (χ4v) is 23.4. The number of para-hydroxylation sites is 9. The quantitative estimate of drug-likeness (QED) is 0.137. The Morgan fingerprint density at radius 2 is 0.381 bits per heavy atom. The predicted molar refractivity (Wildman–Crippen MR) is 568 cm³/mol. The number of thiophene rings is 2. The lowest BCUT2D eigenvalue weighted by atomic mass is 10.00. The molecule has 134 heavy (non-hydrogen) atoms. The Balaban J connectivity index is 0.000000103. The first kappa shape index (κ1) is 76.7. The van der Waals surface area contributed by atoms with Gasteiger partial charge in [0.15, 0.2) is 0 Å². The lowest BCUT2D eigenvalue weighted by Gasteiger charge is -2.12. The molecule has 0 N–H and O–H groups in total. The van der Waals surface area contributed by atoms with Crippen LogP contribution in [0.25, 0.3) is 250 Å². The molecule has 29 rings (SSSR count). The Morgan fingerprint density at radius 3 is 0.739 bits per heavy atom. The number of fused-ring (bicyclic) bond motifs is 24. The first-order valence-corrected chi connectivity index (χ1v) is 47.2. The van der Waals surface area contributed by atoms with Crippen molar-refractivity contribution in [3.05, 3.63) is 473 Å². The Hall–Kier alpha value is -17.3. The molecule has 10 heteroatoms. The van der Waals surface area contributed by atoms with Crippen LogP contribution in [-0.4, -0.2) is 37.4 Å². The van der Waals surface area contributed by atoms with Gasteiger partial charge in [0.25, 0.3) is 0 Å². The molecule has 20 aromatic carbocycles.